The summed E-state index contributed by atoms with van der Waals surface area (Å²) in [7, 11) is 2.16. The van der Waals surface area contributed by atoms with E-state index >= 15 is 0 Å². The second kappa shape index (κ2) is 7.80. The molecule has 1 aromatic heterocycles. The zero-order valence-electron chi connectivity index (χ0n) is 15.4. The van der Waals surface area contributed by atoms with Gasteiger partial charge in [0.15, 0.2) is 0 Å². The largest absolute Gasteiger partial charge is 0.374 e. The Hall–Kier alpha value is -1.85. The molecule has 2 aromatic rings. The van der Waals surface area contributed by atoms with Crippen LogP contribution in [0.2, 0.25) is 0 Å². The number of hydrogen-bond donors (Lipinski definition) is 1. The van der Waals surface area contributed by atoms with E-state index in [0.717, 1.165) is 30.9 Å². The molecular formula is C21H27N3OS. The summed E-state index contributed by atoms with van der Waals surface area (Å²) >= 11 is 1.64. The number of hydrogen-bond acceptors (Lipinski definition) is 4. The minimum atomic E-state index is 0.123. The first-order valence-corrected chi connectivity index (χ1v) is 10.5. The molecule has 0 unspecified atom stereocenters. The normalized spacial score (nSPS) is 18.1. The lowest BCUT2D eigenvalue weighted by Crippen LogP contribution is -2.37. The smallest absolute Gasteiger partial charge is 0.225 e. The van der Waals surface area contributed by atoms with Crippen molar-refractivity contribution in [3.05, 3.63) is 51.7 Å². The maximum atomic E-state index is 12.4. The van der Waals surface area contributed by atoms with E-state index in [1.807, 2.05) is 17.5 Å². The maximum absolute atomic E-state index is 12.4. The Morgan fingerprint density at radius 1 is 1.23 bits per heavy atom. The number of benzene rings is 1. The molecule has 0 aliphatic carbocycles. The van der Waals surface area contributed by atoms with Gasteiger partial charge in [-0.1, -0.05) is 18.2 Å². The third-order valence-corrected chi connectivity index (χ3v) is 6.48. The highest BCUT2D eigenvalue weighted by atomic mass is 32.1. The summed E-state index contributed by atoms with van der Waals surface area (Å²) in [6.07, 6.45) is 4.12. The predicted octanol–water partition coefficient (Wildman–Crippen LogP) is 3.24. The molecule has 4 nitrogen and oxygen atoms in total. The number of rotatable bonds is 6. The number of likely N-dealkylation sites (tertiary alicyclic amines) is 1. The summed E-state index contributed by atoms with van der Waals surface area (Å²) in [6.45, 7) is 4.05. The van der Waals surface area contributed by atoms with Crippen LogP contribution in [0, 0.1) is 0 Å². The molecule has 26 heavy (non-hydrogen) atoms. The van der Waals surface area contributed by atoms with Gasteiger partial charge in [0, 0.05) is 30.7 Å². The van der Waals surface area contributed by atoms with Crippen LogP contribution in [0.1, 0.15) is 34.9 Å². The molecule has 4 rings (SSSR count). The maximum Gasteiger partial charge on any atom is 0.225 e. The van der Waals surface area contributed by atoms with Gasteiger partial charge < -0.3 is 10.2 Å². The topological polar surface area (TPSA) is 35.6 Å². The molecule has 1 saturated heterocycles. The lowest BCUT2D eigenvalue weighted by atomic mass is 10.0. The van der Waals surface area contributed by atoms with E-state index < -0.39 is 0 Å². The number of amides is 1. The number of fused-ring (bicyclic) bond motifs is 1. The molecule has 138 valence electrons. The third-order valence-electron chi connectivity index (χ3n) is 5.61. The number of likely N-dealkylation sites (N-methyl/N-ethyl adjacent to an activating group) is 1. The molecule has 1 fully saturated rings. The van der Waals surface area contributed by atoms with E-state index in [1.165, 1.54) is 29.7 Å². The molecule has 1 amide bonds. The third kappa shape index (κ3) is 3.79. The number of thiophene rings is 1. The monoisotopic (exact) mass is 369 g/mol. The second-order valence-corrected chi connectivity index (χ2v) is 8.41. The van der Waals surface area contributed by atoms with Gasteiger partial charge >= 0.3 is 0 Å². The van der Waals surface area contributed by atoms with Gasteiger partial charge in [-0.25, -0.2) is 0 Å². The van der Waals surface area contributed by atoms with E-state index in [0.29, 0.717) is 13.0 Å². The molecule has 1 atom stereocenters. The number of carbonyl (C=O) groups is 1. The van der Waals surface area contributed by atoms with Crippen molar-refractivity contribution in [1.82, 2.24) is 10.2 Å². The number of carbonyl (C=O) groups excluding carboxylic acids is 1. The van der Waals surface area contributed by atoms with Gasteiger partial charge in [0.1, 0.15) is 0 Å². The van der Waals surface area contributed by atoms with Crippen molar-refractivity contribution in [2.75, 3.05) is 38.1 Å². The van der Waals surface area contributed by atoms with Gasteiger partial charge in [-0.15, -0.1) is 11.3 Å². The summed E-state index contributed by atoms with van der Waals surface area (Å²) < 4.78 is 0. The van der Waals surface area contributed by atoms with Gasteiger partial charge in [0.05, 0.1) is 12.5 Å². The molecular weight excluding hydrogens is 342 g/mol. The van der Waals surface area contributed by atoms with Crippen molar-refractivity contribution >= 4 is 22.9 Å². The Labute approximate surface area is 159 Å². The summed E-state index contributed by atoms with van der Waals surface area (Å²) in [5.41, 5.74) is 4.15. The van der Waals surface area contributed by atoms with Crippen molar-refractivity contribution < 1.29 is 4.79 Å². The van der Waals surface area contributed by atoms with Crippen LogP contribution in [0.25, 0.3) is 0 Å². The highest BCUT2D eigenvalue weighted by Crippen LogP contribution is 2.32. The Kier molecular flexibility index (Phi) is 5.27. The first-order chi connectivity index (χ1) is 12.7. The molecule has 1 aromatic carbocycles. The van der Waals surface area contributed by atoms with E-state index in [9.17, 15) is 4.79 Å². The Bertz CT molecular complexity index is 753. The number of nitrogens with one attached hydrogen (secondary N) is 1. The molecule has 2 aliphatic heterocycles. The number of anilines is 1. The lowest BCUT2D eigenvalue weighted by Gasteiger charge is -2.29. The van der Waals surface area contributed by atoms with Gasteiger partial charge in [-0.05, 0) is 61.0 Å². The minimum Gasteiger partial charge on any atom is -0.374 e. The molecule has 2 aliphatic rings. The minimum absolute atomic E-state index is 0.123. The Morgan fingerprint density at radius 2 is 2.08 bits per heavy atom. The van der Waals surface area contributed by atoms with E-state index in [4.69, 9.17) is 0 Å². The summed E-state index contributed by atoms with van der Waals surface area (Å²) in [6, 6.07) is 11.2. The van der Waals surface area contributed by atoms with Crippen LogP contribution in [0.15, 0.2) is 35.7 Å². The van der Waals surface area contributed by atoms with Crippen LogP contribution in [-0.4, -0.2) is 44.0 Å². The zero-order valence-corrected chi connectivity index (χ0v) is 16.2. The van der Waals surface area contributed by atoms with Gasteiger partial charge in [0.2, 0.25) is 5.91 Å². The fraction of sp³-hybridized carbons (Fsp3) is 0.476. The van der Waals surface area contributed by atoms with Crippen molar-refractivity contribution in [3.63, 3.8) is 0 Å². The summed E-state index contributed by atoms with van der Waals surface area (Å²) in [4.78, 5) is 18.3. The molecule has 5 heteroatoms. The van der Waals surface area contributed by atoms with Crippen LogP contribution in [0.4, 0.5) is 5.69 Å². The van der Waals surface area contributed by atoms with Crippen LogP contribution in [-0.2, 0) is 17.6 Å². The molecule has 0 radical (unpaired) electrons. The molecule has 1 N–H and O–H groups in total. The SMILES string of the molecule is CN1CCc2cc([C@H](CNC(=O)Cc3cccs3)N3CCCC3)ccc21. The van der Waals surface area contributed by atoms with Crippen LogP contribution < -0.4 is 10.2 Å². The van der Waals surface area contributed by atoms with Crippen LogP contribution in [0.5, 0.6) is 0 Å². The van der Waals surface area contributed by atoms with Crippen molar-refractivity contribution in [3.8, 4) is 0 Å². The van der Waals surface area contributed by atoms with E-state index in [1.54, 1.807) is 11.3 Å². The van der Waals surface area contributed by atoms with Crippen molar-refractivity contribution in [1.29, 1.82) is 0 Å². The van der Waals surface area contributed by atoms with Gasteiger partial charge in [-0.2, -0.15) is 0 Å². The van der Waals surface area contributed by atoms with Crippen LogP contribution in [0.3, 0.4) is 0 Å². The van der Waals surface area contributed by atoms with Crippen molar-refractivity contribution in [2.45, 2.75) is 31.7 Å². The first kappa shape index (κ1) is 17.6. The zero-order chi connectivity index (χ0) is 17.9. The second-order valence-electron chi connectivity index (χ2n) is 7.38. The van der Waals surface area contributed by atoms with E-state index in [2.05, 4.69) is 40.4 Å². The molecule has 3 heterocycles. The van der Waals surface area contributed by atoms with Gasteiger partial charge in [-0.3, -0.25) is 9.69 Å². The van der Waals surface area contributed by atoms with E-state index in [-0.39, 0.29) is 11.9 Å². The summed E-state index contributed by atoms with van der Waals surface area (Å²) in [5, 5.41) is 5.21. The average molecular weight is 370 g/mol. The summed E-state index contributed by atoms with van der Waals surface area (Å²) in [5.74, 6) is 0.123. The Balaban J connectivity index is 1.47. The van der Waals surface area contributed by atoms with Gasteiger partial charge in [0.25, 0.3) is 0 Å². The average Bonchev–Trinajstić information content (AvgIpc) is 3.38. The highest BCUT2D eigenvalue weighted by molar-refractivity contribution is 7.10. The first-order valence-electron chi connectivity index (χ1n) is 9.58. The fourth-order valence-electron chi connectivity index (χ4n) is 4.15. The Morgan fingerprint density at radius 3 is 2.85 bits per heavy atom. The standard InChI is InChI=1S/C21H27N3OS/c1-23-11-8-17-13-16(6-7-19(17)23)20(24-9-2-3-10-24)15-22-21(25)14-18-5-4-12-26-18/h4-7,12-13,20H,2-3,8-11,14-15H2,1H3,(H,22,25)/t20-/m0/s1. The quantitative estimate of drug-likeness (QED) is 0.849. The molecule has 0 spiro atoms. The number of nitrogens with zero attached hydrogens (tertiary/aromatic N) is 2. The highest BCUT2D eigenvalue weighted by Gasteiger charge is 2.26. The van der Waals surface area contributed by atoms with Crippen LogP contribution >= 0.6 is 11.3 Å². The fourth-order valence-corrected chi connectivity index (χ4v) is 4.85. The molecule has 0 bridgehead atoms. The molecule has 0 saturated carbocycles. The predicted molar refractivity (Wildman–Crippen MR) is 108 cm³/mol. The lowest BCUT2D eigenvalue weighted by molar-refractivity contribution is -0.120. The van der Waals surface area contributed by atoms with Crippen molar-refractivity contribution in [2.24, 2.45) is 0 Å².